The number of rotatable bonds is 4. The molecule has 2 rings (SSSR count). The van der Waals surface area contributed by atoms with Crippen LogP contribution in [-0.4, -0.2) is 25.7 Å². The number of esters is 1. The van der Waals surface area contributed by atoms with E-state index in [1.807, 2.05) is 12.1 Å². The van der Waals surface area contributed by atoms with Gasteiger partial charge in [-0.15, -0.1) is 0 Å². The Morgan fingerprint density at radius 3 is 2.79 bits per heavy atom. The van der Waals surface area contributed by atoms with Crippen LogP contribution in [0.3, 0.4) is 0 Å². The highest BCUT2D eigenvalue weighted by Gasteiger charge is 2.14. The predicted octanol–water partition coefficient (Wildman–Crippen LogP) is 3.24. The van der Waals surface area contributed by atoms with Crippen molar-refractivity contribution in [2.24, 2.45) is 0 Å². The Kier molecular flexibility index (Phi) is 4.66. The maximum Gasteiger partial charge on any atom is 0.333 e. The van der Waals surface area contributed by atoms with Crippen LogP contribution in [-0.2, 0) is 9.53 Å². The van der Waals surface area contributed by atoms with Crippen molar-refractivity contribution in [2.45, 2.75) is 33.1 Å². The SMILES string of the molecule is CCOC(=O)/C(C)=C/c1ccc(N2CCCCC2)o1. The smallest absolute Gasteiger partial charge is 0.333 e. The van der Waals surface area contributed by atoms with Crippen LogP contribution in [0.5, 0.6) is 0 Å². The second kappa shape index (κ2) is 6.45. The molecule has 0 spiro atoms. The number of hydrogen-bond donors (Lipinski definition) is 0. The van der Waals surface area contributed by atoms with E-state index in [2.05, 4.69) is 4.90 Å². The molecule has 0 bridgehead atoms. The molecule has 0 aliphatic carbocycles. The molecule has 1 aromatic rings. The number of ether oxygens (including phenoxy) is 1. The Hall–Kier alpha value is -1.71. The Morgan fingerprint density at radius 2 is 2.11 bits per heavy atom. The highest BCUT2D eigenvalue weighted by atomic mass is 16.5. The van der Waals surface area contributed by atoms with Crippen molar-refractivity contribution in [3.05, 3.63) is 23.5 Å². The van der Waals surface area contributed by atoms with Crippen LogP contribution < -0.4 is 4.90 Å². The van der Waals surface area contributed by atoms with Gasteiger partial charge in [-0.1, -0.05) is 0 Å². The molecule has 0 N–H and O–H groups in total. The zero-order valence-corrected chi connectivity index (χ0v) is 11.6. The lowest BCUT2D eigenvalue weighted by molar-refractivity contribution is -0.138. The van der Waals surface area contributed by atoms with Gasteiger partial charge in [0.25, 0.3) is 0 Å². The fourth-order valence-corrected chi connectivity index (χ4v) is 2.22. The molecule has 0 saturated carbocycles. The maximum atomic E-state index is 11.5. The van der Waals surface area contributed by atoms with Gasteiger partial charge in [0, 0.05) is 24.7 Å². The Labute approximate surface area is 114 Å². The lowest BCUT2D eigenvalue weighted by Gasteiger charge is -2.25. The van der Waals surface area contributed by atoms with Crippen molar-refractivity contribution in [2.75, 3.05) is 24.6 Å². The van der Waals surface area contributed by atoms with Crippen LogP contribution in [0, 0.1) is 0 Å². The third kappa shape index (κ3) is 3.63. The number of hydrogen-bond acceptors (Lipinski definition) is 4. The van der Waals surface area contributed by atoms with Gasteiger partial charge in [-0.2, -0.15) is 0 Å². The summed E-state index contributed by atoms with van der Waals surface area (Å²) in [7, 11) is 0. The molecular formula is C15H21NO3. The second-order valence-corrected chi connectivity index (χ2v) is 4.77. The molecule has 1 saturated heterocycles. The fraction of sp³-hybridized carbons (Fsp3) is 0.533. The molecule has 0 unspecified atom stereocenters. The van der Waals surface area contributed by atoms with Crippen molar-refractivity contribution in [1.82, 2.24) is 0 Å². The van der Waals surface area contributed by atoms with Crippen LogP contribution in [0.1, 0.15) is 38.9 Å². The van der Waals surface area contributed by atoms with E-state index in [1.54, 1.807) is 19.9 Å². The molecule has 19 heavy (non-hydrogen) atoms. The summed E-state index contributed by atoms with van der Waals surface area (Å²) in [4.78, 5) is 13.8. The van der Waals surface area contributed by atoms with Crippen LogP contribution in [0.4, 0.5) is 5.88 Å². The molecule has 1 aliphatic heterocycles. The quantitative estimate of drug-likeness (QED) is 0.618. The summed E-state index contributed by atoms with van der Waals surface area (Å²) in [6, 6.07) is 3.86. The van der Waals surface area contributed by atoms with Gasteiger partial charge >= 0.3 is 5.97 Å². The third-order valence-corrected chi connectivity index (χ3v) is 3.24. The normalized spacial score (nSPS) is 16.5. The summed E-state index contributed by atoms with van der Waals surface area (Å²) in [6.07, 6.45) is 5.46. The van der Waals surface area contributed by atoms with Gasteiger partial charge in [-0.05, 0) is 45.3 Å². The predicted molar refractivity (Wildman–Crippen MR) is 75.1 cm³/mol. The summed E-state index contributed by atoms with van der Waals surface area (Å²) in [5, 5.41) is 0. The lowest BCUT2D eigenvalue weighted by atomic mass is 10.1. The van der Waals surface area contributed by atoms with E-state index in [4.69, 9.17) is 9.15 Å². The topological polar surface area (TPSA) is 42.7 Å². The maximum absolute atomic E-state index is 11.5. The van der Waals surface area contributed by atoms with Gasteiger partial charge in [0.05, 0.1) is 6.61 Å². The van der Waals surface area contributed by atoms with E-state index in [-0.39, 0.29) is 5.97 Å². The van der Waals surface area contributed by atoms with Gasteiger partial charge in [0.2, 0.25) is 0 Å². The van der Waals surface area contributed by atoms with Crippen LogP contribution in [0.15, 0.2) is 22.1 Å². The van der Waals surface area contributed by atoms with Gasteiger partial charge in [-0.3, -0.25) is 0 Å². The monoisotopic (exact) mass is 263 g/mol. The van der Waals surface area contributed by atoms with Crippen molar-refractivity contribution < 1.29 is 13.9 Å². The molecule has 4 nitrogen and oxygen atoms in total. The molecule has 0 radical (unpaired) electrons. The first-order valence-electron chi connectivity index (χ1n) is 6.91. The molecular weight excluding hydrogens is 242 g/mol. The van der Waals surface area contributed by atoms with Gasteiger partial charge in [0.15, 0.2) is 5.88 Å². The number of furan rings is 1. The van der Waals surface area contributed by atoms with Gasteiger partial charge in [0.1, 0.15) is 5.76 Å². The van der Waals surface area contributed by atoms with Gasteiger partial charge < -0.3 is 14.1 Å². The van der Waals surface area contributed by atoms with Crippen LogP contribution in [0.25, 0.3) is 6.08 Å². The first kappa shape index (κ1) is 13.7. The Morgan fingerprint density at radius 1 is 1.37 bits per heavy atom. The standard InChI is InChI=1S/C15H21NO3/c1-3-18-15(17)12(2)11-13-7-8-14(19-13)16-9-5-4-6-10-16/h7-8,11H,3-6,9-10H2,1-2H3/b12-11+. The first-order valence-corrected chi connectivity index (χ1v) is 6.91. The van der Waals surface area contributed by atoms with Crippen LogP contribution in [0.2, 0.25) is 0 Å². The van der Waals surface area contributed by atoms with Gasteiger partial charge in [-0.25, -0.2) is 4.79 Å². The first-order chi connectivity index (χ1) is 9.20. The molecule has 4 heteroatoms. The minimum Gasteiger partial charge on any atom is -0.463 e. The Balaban J connectivity index is 2.04. The number of carbonyl (C=O) groups excluding carboxylic acids is 1. The molecule has 1 fully saturated rings. The minimum atomic E-state index is -0.293. The van der Waals surface area contributed by atoms with E-state index in [9.17, 15) is 4.79 Å². The van der Waals surface area contributed by atoms with E-state index in [0.717, 1.165) is 19.0 Å². The third-order valence-electron chi connectivity index (χ3n) is 3.24. The fourth-order valence-electron chi connectivity index (χ4n) is 2.22. The molecule has 0 amide bonds. The van der Waals surface area contributed by atoms with E-state index < -0.39 is 0 Å². The zero-order chi connectivity index (χ0) is 13.7. The number of carbonyl (C=O) groups is 1. The summed E-state index contributed by atoms with van der Waals surface area (Å²) in [5.74, 6) is 1.30. The number of piperidine rings is 1. The van der Waals surface area contributed by atoms with Crippen LogP contribution >= 0.6 is 0 Å². The molecule has 104 valence electrons. The zero-order valence-electron chi connectivity index (χ0n) is 11.6. The molecule has 0 atom stereocenters. The molecule has 1 aliphatic rings. The summed E-state index contributed by atoms with van der Waals surface area (Å²) in [5.41, 5.74) is 0.557. The average Bonchev–Trinajstić information content (AvgIpc) is 2.88. The lowest BCUT2D eigenvalue weighted by Crippen LogP contribution is -2.28. The number of anilines is 1. The number of nitrogens with zero attached hydrogens (tertiary/aromatic N) is 1. The van der Waals surface area contributed by atoms with Crippen molar-refractivity contribution >= 4 is 17.9 Å². The summed E-state index contributed by atoms with van der Waals surface area (Å²) in [6.45, 7) is 6.02. The minimum absolute atomic E-state index is 0.293. The van der Waals surface area contributed by atoms with Crippen molar-refractivity contribution in [3.63, 3.8) is 0 Å². The van der Waals surface area contributed by atoms with E-state index >= 15 is 0 Å². The van der Waals surface area contributed by atoms with Crippen molar-refractivity contribution in [1.29, 1.82) is 0 Å². The highest BCUT2D eigenvalue weighted by Crippen LogP contribution is 2.23. The summed E-state index contributed by atoms with van der Waals surface area (Å²) < 4.78 is 10.7. The average molecular weight is 263 g/mol. The second-order valence-electron chi connectivity index (χ2n) is 4.77. The van der Waals surface area contributed by atoms with Crippen molar-refractivity contribution in [3.8, 4) is 0 Å². The van der Waals surface area contributed by atoms with E-state index in [1.165, 1.54) is 19.3 Å². The molecule has 0 aromatic carbocycles. The molecule has 1 aromatic heterocycles. The summed E-state index contributed by atoms with van der Waals surface area (Å²) >= 11 is 0. The largest absolute Gasteiger partial charge is 0.463 e. The van der Waals surface area contributed by atoms with E-state index in [0.29, 0.717) is 17.9 Å². The molecule has 2 heterocycles. The Bertz CT molecular complexity index is 456. The highest BCUT2D eigenvalue weighted by molar-refractivity contribution is 5.92.